The average Bonchev–Trinajstić information content (AvgIpc) is 2.85. The van der Waals surface area contributed by atoms with E-state index in [1.807, 2.05) is 38.1 Å². The molecule has 0 aromatic carbocycles. The summed E-state index contributed by atoms with van der Waals surface area (Å²) in [6, 6.07) is 7.46. The lowest BCUT2D eigenvalue weighted by molar-refractivity contribution is 0.462. The van der Waals surface area contributed by atoms with E-state index in [4.69, 9.17) is 0 Å². The average molecular weight is 252 g/mol. The predicted octanol–water partition coefficient (Wildman–Crippen LogP) is 4.37. The molecule has 0 saturated heterocycles. The number of aliphatic hydroxyl groups excluding tert-OH is 2. The van der Waals surface area contributed by atoms with Crippen molar-refractivity contribution in [3.8, 4) is 0 Å². The van der Waals surface area contributed by atoms with Gasteiger partial charge in [-0.2, -0.15) is 0 Å². The summed E-state index contributed by atoms with van der Waals surface area (Å²) >= 11 is 2.92. The molecule has 0 spiro atoms. The highest BCUT2D eigenvalue weighted by atomic mass is 32.1. The normalized spacial score (nSPS) is 12.6. The number of rotatable bonds is 2. The van der Waals surface area contributed by atoms with Gasteiger partial charge in [-0.25, -0.2) is 0 Å². The van der Waals surface area contributed by atoms with Crippen LogP contribution >= 0.6 is 22.7 Å². The minimum Gasteiger partial charge on any atom is -0.503 e. The molecule has 0 fully saturated rings. The van der Waals surface area contributed by atoms with Crippen molar-refractivity contribution in [3.63, 3.8) is 0 Å². The Morgan fingerprint density at radius 1 is 0.812 bits per heavy atom. The summed E-state index contributed by atoms with van der Waals surface area (Å²) < 4.78 is 0. The zero-order chi connectivity index (χ0) is 11.7. The summed E-state index contributed by atoms with van der Waals surface area (Å²) in [6.07, 6.45) is 0. The van der Waals surface area contributed by atoms with Gasteiger partial charge in [-0.05, 0) is 38.1 Å². The maximum atomic E-state index is 9.91. The van der Waals surface area contributed by atoms with Crippen LogP contribution in [0.15, 0.2) is 24.3 Å². The second-order valence-electron chi connectivity index (χ2n) is 3.52. The highest BCUT2D eigenvalue weighted by molar-refractivity contribution is 7.14. The molecule has 0 unspecified atom stereocenters. The van der Waals surface area contributed by atoms with Crippen LogP contribution in [0.25, 0.3) is 11.5 Å². The van der Waals surface area contributed by atoms with Crippen LogP contribution in [-0.4, -0.2) is 10.2 Å². The molecule has 2 nitrogen and oxygen atoms in total. The fraction of sp³-hybridized carbons (Fsp3) is 0.167. The first-order chi connectivity index (χ1) is 7.58. The molecule has 2 aromatic heterocycles. The first kappa shape index (κ1) is 11.2. The molecule has 2 heterocycles. The van der Waals surface area contributed by atoms with Crippen molar-refractivity contribution in [1.29, 1.82) is 0 Å². The third-order valence-electron chi connectivity index (χ3n) is 2.17. The summed E-state index contributed by atoms with van der Waals surface area (Å²) in [5.74, 6) is -0.0834. The minimum absolute atomic E-state index is 0.0417. The van der Waals surface area contributed by atoms with Crippen LogP contribution in [0.2, 0.25) is 0 Å². The van der Waals surface area contributed by atoms with Crippen LogP contribution in [0.4, 0.5) is 0 Å². The minimum atomic E-state index is -0.0417. The van der Waals surface area contributed by atoms with Gasteiger partial charge in [-0.15, -0.1) is 22.7 Å². The van der Waals surface area contributed by atoms with Crippen LogP contribution in [0.1, 0.15) is 19.5 Å². The van der Waals surface area contributed by atoms with Gasteiger partial charge in [-0.3, -0.25) is 0 Å². The number of thiophene rings is 2. The van der Waals surface area contributed by atoms with E-state index in [0.717, 1.165) is 9.75 Å². The van der Waals surface area contributed by atoms with Crippen molar-refractivity contribution in [3.05, 3.63) is 43.8 Å². The Labute approximate surface area is 102 Å². The zero-order valence-electron chi connectivity index (χ0n) is 9.02. The molecule has 2 N–H and O–H groups in total. The molecule has 84 valence electrons. The van der Waals surface area contributed by atoms with E-state index in [-0.39, 0.29) is 11.5 Å². The van der Waals surface area contributed by atoms with Crippen LogP contribution in [0.5, 0.6) is 0 Å². The van der Waals surface area contributed by atoms with Gasteiger partial charge in [0, 0.05) is 9.75 Å². The second-order valence-corrected chi connectivity index (χ2v) is 6.09. The molecule has 16 heavy (non-hydrogen) atoms. The Hall–Kier alpha value is -1.26. The van der Waals surface area contributed by atoms with E-state index in [1.54, 1.807) is 0 Å². The SMILES string of the molecule is Cc1ccc(/C(O)=C(\O)c2ccc(C)s2)s1. The van der Waals surface area contributed by atoms with E-state index >= 15 is 0 Å². The summed E-state index contributed by atoms with van der Waals surface area (Å²) in [5, 5.41) is 19.8. The molecule has 4 heteroatoms. The molecule has 0 saturated carbocycles. The molecule has 0 radical (unpaired) electrons. The number of hydrogen-bond donors (Lipinski definition) is 2. The van der Waals surface area contributed by atoms with Crippen molar-refractivity contribution in [2.75, 3.05) is 0 Å². The molecule has 2 aromatic rings. The summed E-state index contributed by atoms with van der Waals surface area (Å²) in [4.78, 5) is 3.61. The Kier molecular flexibility index (Phi) is 3.03. The second kappa shape index (κ2) is 4.31. The number of hydrogen-bond acceptors (Lipinski definition) is 4. The fourth-order valence-corrected chi connectivity index (χ4v) is 2.98. The van der Waals surface area contributed by atoms with Gasteiger partial charge in [0.1, 0.15) is 0 Å². The summed E-state index contributed by atoms with van der Waals surface area (Å²) in [7, 11) is 0. The smallest absolute Gasteiger partial charge is 0.176 e. The lowest BCUT2D eigenvalue weighted by Gasteiger charge is -2.00. The highest BCUT2D eigenvalue weighted by Crippen LogP contribution is 2.30. The molecule has 2 rings (SSSR count). The van der Waals surface area contributed by atoms with Gasteiger partial charge in [0.25, 0.3) is 0 Å². The maximum Gasteiger partial charge on any atom is 0.176 e. The molecule has 0 aliphatic heterocycles. The fourth-order valence-electron chi connectivity index (χ4n) is 1.36. The maximum absolute atomic E-state index is 9.91. The Morgan fingerprint density at radius 3 is 1.44 bits per heavy atom. The monoisotopic (exact) mass is 252 g/mol. The van der Waals surface area contributed by atoms with E-state index in [1.165, 1.54) is 22.7 Å². The van der Waals surface area contributed by atoms with E-state index in [0.29, 0.717) is 9.75 Å². The Bertz CT molecular complexity index is 486. The van der Waals surface area contributed by atoms with Crippen molar-refractivity contribution in [2.45, 2.75) is 13.8 Å². The lowest BCUT2D eigenvalue weighted by Crippen LogP contribution is -1.85. The standard InChI is InChI=1S/C12H12O2S2/c1-7-3-5-9(15-7)11(13)12(14)10-6-4-8(2)16-10/h3-6,13-14H,1-2H3/b12-11+. The van der Waals surface area contributed by atoms with Crippen molar-refractivity contribution in [1.82, 2.24) is 0 Å². The number of aliphatic hydroxyl groups is 2. The molecule has 0 aliphatic carbocycles. The molecule has 0 atom stereocenters. The van der Waals surface area contributed by atoms with Gasteiger partial charge in [-0.1, -0.05) is 0 Å². The van der Waals surface area contributed by atoms with Gasteiger partial charge < -0.3 is 10.2 Å². The van der Waals surface area contributed by atoms with Crippen LogP contribution in [0.3, 0.4) is 0 Å². The zero-order valence-corrected chi connectivity index (χ0v) is 10.7. The summed E-state index contributed by atoms with van der Waals surface area (Å²) in [6.45, 7) is 3.93. The Balaban J connectivity index is 2.41. The van der Waals surface area contributed by atoms with Crippen LogP contribution in [0, 0.1) is 13.8 Å². The molecule has 0 aliphatic rings. The van der Waals surface area contributed by atoms with Gasteiger partial charge in [0.2, 0.25) is 0 Å². The quantitative estimate of drug-likeness (QED) is 0.779. The van der Waals surface area contributed by atoms with Crippen LogP contribution < -0.4 is 0 Å². The molecular formula is C12H12O2S2. The van der Waals surface area contributed by atoms with Gasteiger partial charge in [0.15, 0.2) is 11.5 Å². The molecular weight excluding hydrogens is 240 g/mol. The van der Waals surface area contributed by atoms with Crippen molar-refractivity contribution in [2.24, 2.45) is 0 Å². The van der Waals surface area contributed by atoms with Crippen molar-refractivity contribution >= 4 is 34.2 Å². The highest BCUT2D eigenvalue weighted by Gasteiger charge is 2.12. The number of aryl methyl sites for hydroxylation is 2. The van der Waals surface area contributed by atoms with Gasteiger partial charge >= 0.3 is 0 Å². The molecule has 0 bridgehead atoms. The summed E-state index contributed by atoms with van der Waals surface area (Å²) in [5.41, 5.74) is 0. The third kappa shape index (κ3) is 2.13. The van der Waals surface area contributed by atoms with Crippen LogP contribution in [-0.2, 0) is 0 Å². The van der Waals surface area contributed by atoms with Gasteiger partial charge in [0.05, 0.1) is 9.75 Å². The molecule has 0 amide bonds. The Morgan fingerprint density at radius 2 is 1.19 bits per heavy atom. The first-order valence-corrected chi connectivity index (χ1v) is 6.47. The largest absolute Gasteiger partial charge is 0.503 e. The van der Waals surface area contributed by atoms with E-state index in [9.17, 15) is 10.2 Å². The van der Waals surface area contributed by atoms with E-state index < -0.39 is 0 Å². The van der Waals surface area contributed by atoms with E-state index in [2.05, 4.69) is 0 Å². The topological polar surface area (TPSA) is 40.5 Å². The third-order valence-corrected chi connectivity index (χ3v) is 4.19. The lowest BCUT2D eigenvalue weighted by atomic mass is 10.3. The first-order valence-electron chi connectivity index (χ1n) is 4.84. The predicted molar refractivity (Wildman–Crippen MR) is 70.2 cm³/mol. The van der Waals surface area contributed by atoms with Crippen molar-refractivity contribution < 1.29 is 10.2 Å².